The normalized spacial score (nSPS) is 10.7. The number of aliphatic carboxylic acids is 1. The minimum Gasteiger partial charge on any atom is -0.861 e. The molecule has 0 aliphatic rings. The zero-order chi connectivity index (χ0) is 13.5. The Morgan fingerprint density at radius 2 is 1.95 bits per heavy atom. The molecule has 0 radical (unpaired) electrons. The number of hydrogen-bond acceptors (Lipinski definition) is 6. The summed E-state index contributed by atoms with van der Waals surface area (Å²) in [5.74, 6) is -2.11. The fraction of sp³-hybridized carbons (Fsp3) is 0.182. The molecule has 0 unspecified atom stereocenters. The number of benzene rings is 1. The van der Waals surface area contributed by atoms with Crippen LogP contribution in [0, 0.1) is 0 Å². The second-order valence-corrected chi connectivity index (χ2v) is 3.32. The van der Waals surface area contributed by atoms with Crippen LogP contribution in [-0.2, 0) is 21.9 Å². The maximum Gasteiger partial charge on any atom is 1.00 e. The van der Waals surface area contributed by atoms with Crippen molar-refractivity contribution in [2.45, 2.75) is 0 Å². The van der Waals surface area contributed by atoms with Crippen molar-refractivity contribution < 1.29 is 47.8 Å². The van der Waals surface area contributed by atoms with Crippen molar-refractivity contribution in [2.75, 3.05) is 13.1 Å². The van der Waals surface area contributed by atoms with Gasteiger partial charge in [0.15, 0.2) is 0 Å². The molecule has 0 aliphatic carbocycles. The molecule has 9 heteroatoms. The van der Waals surface area contributed by atoms with Crippen molar-refractivity contribution in [3.05, 3.63) is 23.8 Å². The number of hydrogen-bond donors (Lipinski definition) is 3. The summed E-state index contributed by atoms with van der Waals surface area (Å²) in [6, 6.07) is 3.92. The zero-order valence-electron chi connectivity index (χ0n) is 10.1. The van der Waals surface area contributed by atoms with Crippen LogP contribution in [-0.4, -0.2) is 52.0 Å². The van der Waals surface area contributed by atoms with Gasteiger partial charge in [0.2, 0.25) is 0 Å². The summed E-state index contributed by atoms with van der Waals surface area (Å²) < 4.78 is 0. The fourth-order valence-electron chi connectivity index (χ4n) is 1.07. The smallest absolute Gasteiger partial charge is 0.861 e. The van der Waals surface area contributed by atoms with E-state index in [0.717, 1.165) is 6.07 Å². The van der Waals surface area contributed by atoms with Gasteiger partial charge in [-0.2, -0.15) is 0 Å². The molecule has 0 aromatic heterocycles. The molecular formula is C11H13CuN2O6. The van der Waals surface area contributed by atoms with Gasteiger partial charge in [-0.25, -0.2) is 0 Å². The average molecular weight is 333 g/mol. The van der Waals surface area contributed by atoms with Crippen molar-refractivity contribution in [2.24, 2.45) is 9.98 Å². The molecule has 0 atom stereocenters. The molecule has 0 amide bonds. The first kappa shape index (κ1) is 20.2. The minimum atomic E-state index is -1.19. The van der Waals surface area contributed by atoms with Crippen LogP contribution < -0.4 is 5.11 Å². The van der Waals surface area contributed by atoms with E-state index in [1.165, 1.54) is 18.3 Å². The van der Waals surface area contributed by atoms with Gasteiger partial charge in [-0.15, -0.1) is 0 Å². The summed E-state index contributed by atoms with van der Waals surface area (Å²) in [4.78, 5) is 17.1. The molecular weight excluding hydrogens is 320 g/mol. The number of aromatic hydroxyl groups is 2. The summed E-state index contributed by atoms with van der Waals surface area (Å²) in [6.45, 7) is -0.883. The van der Waals surface area contributed by atoms with Crippen molar-refractivity contribution in [1.82, 2.24) is 0 Å². The fourth-order valence-corrected chi connectivity index (χ4v) is 1.07. The number of carboxylic acids is 1. The molecule has 5 N–H and O–H groups in total. The van der Waals surface area contributed by atoms with E-state index in [4.69, 9.17) is 10.2 Å². The Balaban J connectivity index is 0. The molecule has 0 fully saturated rings. The van der Waals surface area contributed by atoms with E-state index in [1.54, 1.807) is 0 Å². The van der Waals surface area contributed by atoms with E-state index in [-0.39, 0.29) is 40.6 Å². The second-order valence-electron chi connectivity index (χ2n) is 3.32. The number of phenols is 2. The van der Waals surface area contributed by atoms with Gasteiger partial charge in [-0.05, 0) is 18.0 Å². The summed E-state index contributed by atoms with van der Waals surface area (Å²) in [7, 11) is 0. The quantitative estimate of drug-likeness (QED) is 0.341. The SMILES string of the molecule is O.O=C(O)CN=C([O-])CN=Cc1ccc(O)cc1O.[Cu+]. The average Bonchev–Trinajstić information content (AvgIpc) is 2.29. The standard InChI is InChI=1S/C11H12N2O5.Cu.H2O/c14-8-2-1-7(9(15)3-8)4-12-5-10(16)13-6-11(17)18;;/h1-4,14-15H,5-6H2,(H,13,16)(H,17,18);;1H2/q;+1;/p-1. The van der Waals surface area contributed by atoms with Crippen LogP contribution in [0.15, 0.2) is 28.2 Å². The maximum absolute atomic E-state index is 11.0. The molecule has 8 nitrogen and oxygen atoms in total. The maximum atomic E-state index is 11.0. The molecule has 0 aliphatic heterocycles. The Kier molecular flexibility index (Phi) is 9.90. The molecule has 0 bridgehead atoms. The number of nitrogens with zero attached hydrogens (tertiary/aromatic N) is 2. The van der Waals surface area contributed by atoms with Crippen LogP contribution in [0.1, 0.15) is 5.56 Å². The minimum absolute atomic E-state index is 0. The first-order chi connectivity index (χ1) is 8.49. The van der Waals surface area contributed by atoms with Gasteiger partial charge in [-0.1, -0.05) is 0 Å². The van der Waals surface area contributed by atoms with Crippen molar-refractivity contribution >= 4 is 18.1 Å². The Bertz CT molecular complexity index is 504. The van der Waals surface area contributed by atoms with Crippen molar-refractivity contribution in [3.8, 4) is 11.5 Å². The largest absolute Gasteiger partial charge is 1.00 e. The summed E-state index contributed by atoms with van der Waals surface area (Å²) in [6.07, 6.45) is 1.24. The Morgan fingerprint density at radius 1 is 1.30 bits per heavy atom. The van der Waals surface area contributed by atoms with E-state index in [2.05, 4.69) is 9.98 Å². The Morgan fingerprint density at radius 3 is 2.50 bits per heavy atom. The van der Waals surface area contributed by atoms with Crippen molar-refractivity contribution in [1.29, 1.82) is 0 Å². The van der Waals surface area contributed by atoms with E-state index < -0.39 is 18.4 Å². The molecule has 1 aromatic rings. The first-order valence-electron chi connectivity index (χ1n) is 4.93. The Labute approximate surface area is 124 Å². The summed E-state index contributed by atoms with van der Waals surface area (Å²) in [5, 5.41) is 37.8. The molecule has 1 aromatic carbocycles. The number of aliphatic imine (C=N–C) groups is 2. The number of phenolic OH excluding ortho intramolecular Hbond substituents is 2. The number of carboxylic acid groups (broad SMARTS) is 1. The summed E-state index contributed by atoms with van der Waals surface area (Å²) >= 11 is 0. The van der Waals surface area contributed by atoms with Crippen LogP contribution >= 0.6 is 0 Å². The van der Waals surface area contributed by atoms with Gasteiger partial charge >= 0.3 is 23.0 Å². The topological polar surface area (TPSA) is 157 Å². The monoisotopic (exact) mass is 332 g/mol. The van der Waals surface area contributed by atoms with E-state index in [0.29, 0.717) is 5.56 Å². The third-order valence-corrected chi connectivity index (χ3v) is 1.86. The predicted octanol–water partition coefficient (Wildman–Crippen LogP) is -1.47. The zero-order valence-corrected chi connectivity index (χ0v) is 11.0. The van der Waals surface area contributed by atoms with Crippen LogP contribution in [0.3, 0.4) is 0 Å². The Hall–Kier alpha value is -2.09. The van der Waals surface area contributed by atoms with Crippen LogP contribution in [0.4, 0.5) is 0 Å². The molecule has 20 heavy (non-hydrogen) atoms. The number of rotatable bonds is 5. The van der Waals surface area contributed by atoms with Gasteiger partial charge in [0.1, 0.15) is 18.0 Å². The van der Waals surface area contributed by atoms with Gasteiger partial charge in [0, 0.05) is 17.8 Å². The van der Waals surface area contributed by atoms with Gasteiger partial charge in [0.05, 0.1) is 6.54 Å². The van der Waals surface area contributed by atoms with Crippen LogP contribution in [0.5, 0.6) is 11.5 Å². The molecule has 1 rings (SSSR count). The third-order valence-electron chi connectivity index (χ3n) is 1.86. The molecule has 114 valence electrons. The van der Waals surface area contributed by atoms with Crippen LogP contribution in [0.2, 0.25) is 0 Å². The second kappa shape index (κ2) is 9.79. The molecule has 0 heterocycles. The van der Waals surface area contributed by atoms with Gasteiger partial charge in [-0.3, -0.25) is 14.8 Å². The van der Waals surface area contributed by atoms with E-state index in [1.807, 2.05) is 0 Å². The van der Waals surface area contributed by atoms with E-state index >= 15 is 0 Å². The molecule has 0 saturated heterocycles. The van der Waals surface area contributed by atoms with Gasteiger partial charge < -0.3 is 25.9 Å². The molecule has 0 spiro atoms. The van der Waals surface area contributed by atoms with Crippen molar-refractivity contribution in [3.63, 3.8) is 0 Å². The van der Waals surface area contributed by atoms with Gasteiger partial charge in [0.25, 0.3) is 0 Å². The predicted molar refractivity (Wildman–Crippen MR) is 65.8 cm³/mol. The summed E-state index contributed by atoms with van der Waals surface area (Å²) in [5.41, 5.74) is 0.332. The van der Waals surface area contributed by atoms with Crippen LogP contribution in [0.25, 0.3) is 0 Å². The first-order valence-corrected chi connectivity index (χ1v) is 4.93. The van der Waals surface area contributed by atoms with E-state index in [9.17, 15) is 15.0 Å². The molecule has 0 saturated carbocycles. The third kappa shape index (κ3) is 7.37. The number of carbonyl (C=O) groups is 1.